The van der Waals surface area contributed by atoms with Gasteiger partial charge in [-0.15, -0.1) is 0 Å². The van der Waals surface area contributed by atoms with E-state index in [1.54, 1.807) is 19.1 Å². The Labute approximate surface area is 192 Å². The number of carbonyl (C=O) groups excluding carboxylic acids is 4. The number of nitrogens with one attached hydrogen (secondary N) is 2. The zero-order valence-electron chi connectivity index (χ0n) is 19.1. The average molecular weight is 449 g/mol. The summed E-state index contributed by atoms with van der Waals surface area (Å²) in [5.41, 5.74) is 3.66. The van der Waals surface area contributed by atoms with E-state index in [9.17, 15) is 19.2 Å². The van der Waals surface area contributed by atoms with Gasteiger partial charge in [-0.3, -0.25) is 19.3 Å². The number of aryl methyl sites for hydroxylation is 3. The smallest absolute Gasteiger partial charge is 0.325 e. The highest BCUT2D eigenvalue weighted by molar-refractivity contribution is 6.09. The van der Waals surface area contributed by atoms with Crippen molar-refractivity contribution in [1.29, 1.82) is 0 Å². The molecule has 0 radical (unpaired) electrons. The molecule has 33 heavy (non-hydrogen) atoms. The molecular weight excluding hydrogens is 420 g/mol. The third-order valence-electron chi connectivity index (χ3n) is 6.39. The lowest BCUT2D eigenvalue weighted by atomic mass is 9.89. The molecule has 8 nitrogen and oxygen atoms in total. The first kappa shape index (κ1) is 22.5. The zero-order chi connectivity index (χ0) is 23.8. The third-order valence-corrected chi connectivity index (χ3v) is 6.39. The molecule has 2 aliphatic rings. The van der Waals surface area contributed by atoms with Crippen LogP contribution in [-0.2, 0) is 32.8 Å². The lowest BCUT2D eigenvalue weighted by molar-refractivity contribution is -0.139. The van der Waals surface area contributed by atoms with Crippen LogP contribution in [0.4, 0.5) is 10.5 Å². The lowest BCUT2D eigenvalue weighted by Gasteiger charge is -2.24. The maximum absolute atomic E-state index is 13.2. The Morgan fingerprint density at radius 1 is 1.09 bits per heavy atom. The first-order valence-corrected chi connectivity index (χ1v) is 11.0. The van der Waals surface area contributed by atoms with Crippen LogP contribution in [0, 0.1) is 6.92 Å². The molecule has 0 unspecified atom stereocenters. The topological polar surface area (TPSA) is 98.8 Å². The Bertz CT molecular complexity index is 1130. The van der Waals surface area contributed by atoms with Gasteiger partial charge in [0.2, 0.25) is 11.8 Å². The normalized spacial score (nSPS) is 19.3. The fourth-order valence-corrected chi connectivity index (χ4v) is 4.32. The van der Waals surface area contributed by atoms with Crippen molar-refractivity contribution in [1.82, 2.24) is 15.1 Å². The molecule has 1 aliphatic heterocycles. The van der Waals surface area contributed by atoms with Crippen molar-refractivity contribution in [3.63, 3.8) is 0 Å². The molecule has 5 amide bonds. The van der Waals surface area contributed by atoms with Crippen molar-refractivity contribution in [2.45, 2.75) is 38.6 Å². The van der Waals surface area contributed by atoms with E-state index in [-0.39, 0.29) is 12.5 Å². The highest BCUT2D eigenvalue weighted by Gasteiger charge is 2.49. The minimum Gasteiger partial charge on any atom is -0.335 e. The Balaban J connectivity index is 1.39. The van der Waals surface area contributed by atoms with E-state index < -0.39 is 29.9 Å². The molecular formula is C25H28N4O4. The first-order valence-electron chi connectivity index (χ1n) is 11.0. The second-order valence-electron chi connectivity index (χ2n) is 8.95. The maximum Gasteiger partial charge on any atom is 0.325 e. The zero-order valence-corrected chi connectivity index (χ0v) is 19.1. The summed E-state index contributed by atoms with van der Waals surface area (Å²) in [6, 6.07) is 12.6. The van der Waals surface area contributed by atoms with Crippen molar-refractivity contribution >= 4 is 29.4 Å². The molecule has 0 bridgehead atoms. The van der Waals surface area contributed by atoms with Gasteiger partial charge in [0.1, 0.15) is 12.1 Å². The standard InChI is InChI=1S/C25H28N4O4/c1-16-7-11-20(12-8-16)26-21(30)14-28(3)22(31)15-29-23(32)25(2,27-24(29)33)19-10-9-17-5-4-6-18(17)13-19/h7-13H,4-6,14-15H2,1-3H3,(H,26,30)(H,27,33)/t25-/m0/s1. The van der Waals surface area contributed by atoms with Gasteiger partial charge in [-0.1, -0.05) is 35.9 Å². The molecule has 8 heteroatoms. The second kappa shape index (κ2) is 8.69. The summed E-state index contributed by atoms with van der Waals surface area (Å²) in [6.07, 6.45) is 3.07. The number of nitrogens with zero attached hydrogens (tertiary/aromatic N) is 2. The average Bonchev–Trinajstić information content (AvgIpc) is 3.33. The number of hydrogen-bond acceptors (Lipinski definition) is 4. The number of amides is 5. The first-order chi connectivity index (χ1) is 15.7. The molecule has 4 rings (SSSR count). The number of rotatable bonds is 6. The molecule has 1 atom stereocenters. The minimum atomic E-state index is -1.23. The van der Waals surface area contributed by atoms with Crippen LogP contribution in [0.1, 0.15) is 35.6 Å². The fraction of sp³-hybridized carbons (Fsp3) is 0.360. The number of fused-ring (bicyclic) bond motifs is 1. The number of imide groups is 1. The Morgan fingerprint density at radius 3 is 2.52 bits per heavy atom. The van der Waals surface area contributed by atoms with Gasteiger partial charge in [0.15, 0.2) is 0 Å². The van der Waals surface area contributed by atoms with Gasteiger partial charge in [-0.25, -0.2) is 4.79 Å². The van der Waals surface area contributed by atoms with Crippen LogP contribution in [0.5, 0.6) is 0 Å². The second-order valence-corrected chi connectivity index (χ2v) is 8.95. The number of likely N-dealkylation sites (N-methyl/N-ethyl adjacent to an activating group) is 1. The monoisotopic (exact) mass is 448 g/mol. The molecule has 2 N–H and O–H groups in total. The Kier molecular flexibility index (Phi) is 5.93. The third kappa shape index (κ3) is 4.46. The van der Waals surface area contributed by atoms with Crippen molar-refractivity contribution in [2.24, 2.45) is 0 Å². The largest absolute Gasteiger partial charge is 0.335 e. The number of anilines is 1. The van der Waals surface area contributed by atoms with E-state index in [0.717, 1.165) is 29.7 Å². The van der Waals surface area contributed by atoms with Gasteiger partial charge in [0.05, 0.1) is 6.54 Å². The van der Waals surface area contributed by atoms with E-state index in [0.29, 0.717) is 11.3 Å². The number of urea groups is 1. The van der Waals surface area contributed by atoms with E-state index in [2.05, 4.69) is 10.6 Å². The van der Waals surface area contributed by atoms with Gasteiger partial charge >= 0.3 is 6.03 Å². The number of benzene rings is 2. The van der Waals surface area contributed by atoms with Gasteiger partial charge in [-0.2, -0.15) is 0 Å². The fourth-order valence-electron chi connectivity index (χ4n) is 4.32. The Morgan fingerprint density at radius 2 is 1.79 bits per heavy atom. The highest BCUT2D eigenvalue weighted by Crippen LogP contribution is 2.32. The molecule has 0 saturated carbocycles. The van der Waals surface area contributed by atoms with E-state index >= 15 is 0 Å². The highest BCUT2D eigenvalue weighted by atomic mass is 16.2. The summed E-state index contributed by atoms with van der Waals surface area (Å²) in [5, 5.41) is 5.48. The number of carbonyl (C=O) groups is 4. The van der Waals surface area contributed by atoms with Crippen LogP contribution in [0.3, 0.4) is 0 Å². The Hall–Kier alpha value is -3.68. The van der Waals surface area contributed by atoms with Crippen molar-refractivity contribution in [3.05, 3.63) is 64.7 Å². The van der Waals surface area contributed by atoms with Crippen LogP contribution >= 0.6 is 0 Å². The van der Waals surface area contributed by atoms with Crippen molar-refractivity contribution in [2.75, 3.05) is 25.5 Å². The summed E-state index contributed by atoms with van der Waals surface area (Å²) in [7, 11) is 1.47. The van der Waals surface area contributed by atoms with Crippen LogP contribution < -0.4 is 10.6 Å². The van der Waals surface area contributed by atoms with Gasteiger partial charge in [0.25, 0.3) is 5.91 Å². The van der Waals surface area contributed by atoms with Crippen LogP contribution in [0.25, 0.3) is 0 Å². The van der Waals surface area contributed by atoms with E-state index in [1.165, 1.54) is 23.1 Å². The van der Waals surface area contributed by atoms with Gasteiger partial charge < -0.3 is 15.5 Å². The molecule has 2 aromatic carbocycles. The quantitative estimate of drug-likeness (QED) is 0.663. The summed E-state index contributed by atoms with van der Waals surface area (Å²) < 4.78 is 0. The molecule has 1 aliphatic carbocycles. The molecule has 0 spiro atoms. The van der Waals surface area contributed by atoms with Crippen LogP contribution in [0.15, 0.2) is 42.5 Å². The summed E-state index contributed by atoms with van der Waals surface area (Å²) in [5.74, 6) is -1.35. The summed E-state index contributed by atoms with van der Waals surface area (Å²) in [6.45, 7) is 2.98. The summed E-state index contributed by atoms with van der Waals surface area (Å²) in [4.78, 5) is 52.9. The SMILES string of the molecule is Cc1ccc(NC(=O)CN(C)C(=O)CN2C(=O)N[C@@](C)(c3ccc4c(c3)CCC4)C2=O)cc1. The molecule has 1 fully saturated rings. The van der Waals surface area contributed by atoms with Gasteiger partial charge in [0, 0.05) is 12.7 Å². The molecule has 1 heterocycles. The minimum absolute atomic E-state index is 0.196. The molecule has 172 valence electrons. The summed E-state index contributed by atoms with van der Waals surface area (Å²) >= 11 is 0. The predicted octanol–water partition coefficient (Wildman–Crippen LogP) is 2.35. The van der Waals surface area contributed by atoms with Crippen LogP contribution in [-0.4, -0.2) is 53.7 Å². The predicted molar refractivity (Wildman–Crippen MR) is 124 cm³/mol. The van der Waals surface area contributed by atoms with Crippen molar-refractivity contribution in [3.8, 4) is 0 Å². The van der Waals surface area contributed by atoms with Crippen LogP contribution in [0.2, 0.25) is 0 Å². The van der Waals surface area contributed by atoms with E-state index in [4.69, 9.17) is 0 Å². The maximum atomic E-state index is 13.2. The molecule has 0 aromatic heterocycles. The molecule has 1 saturated heterocycles. The van der Waals surface area contributed by atoms with Crippen molar-refractivity contribution < 1.29 is 19.2 Å². The molecule has 2 aromatic rings. The van der Waals surface area contributed by atoms with Gasteiger partial charge in [-0.05, 0) is 61.9 Å². The van der Waals surface area contributed by atoms with E-state index in [1.807, 2.05) is 37.3 Å². The number of hydrogen-bond donors (Lipinski definition) is 2. The lowest BCUT2D eigenvalue weighted by Crippen LogP contribution is -2.45.